The fraction of sp³-hybridized carbons (Fsp3) is 0.364. The molecule has 0 saturated heterocycles. The summed E-state index contributed by atoms with van der Waals surface area (Å²) >= 11 is 5.89. The van der Waals surface area contributed by atoms with Gasteiger partial charge in [-0.2, -0.15) is 0 Å². The van der Waals surface area contributed by atoms with Crippen LogP contribution in [0.5, 0.6) is 0 Å². The molecule has 0 bridgehead atoms. The van der Waals surface area contributed by atoms with E-state index in [0.717, 1.165) is 28.4 Å². The van der Waals surface area contributed by atoms with Crippen molar-refractivity contribution in [3.63, 3.8) is 0 Å². The van der Waals surface area contributed by atoms with Crippen molar-refractivity contribution in [1.29, 1.82) is 0 Å². The molecule has 0 unspecified atom stereocenters. The highest BCUT2D eigenvalue weighted by Crippen LogP contribution is 2.16. The average molecular weight is 260 g/mol. The minimum atomic E-state index is 0. The zero-order chi connectivity index (χ0) is 10.8. The molecule has 0 atom stereocenters. The Morgan fingerprint density at radius 1 is 1.44 bits per heavy atom. The smallest absolute Gasteiger partial charge is 0.121 e. The highest BCUT2D eigenvalue weighted by atomic mass is 35.5. The molecule has 5 heteroatoms. The van der Waals surface area contributed by atoms with Gasteiger partial charge in [0.15, 0.2) is 0 Å². The number of hydrogen-bond donors (Lipinski definition) is 2. The minimum Gasteiger partial charge on any atom is -0.341 e. The molecule has 0 aliphatic carbocycles. The predicted molar refractivity (Wildman–Crippen MR) is 70.3 cm³/mol. The van der Waals surface area contributed by atoms with Gasteiger partial charge < -0.3 is 10.3 Å². The summed E-state index contributed by atoms with van der Waals surface area (Å²) in [5.74, 6) is 0.945. The number of benzene rings is 1. The summed E-state index contributed by atoms with van der Waals surface area (Å²) in [6.45, 7) is 4.98. The van der Waals surface area contributed by atoms with E-state index < -0.39 is 0 Å². The SMILES string of the molecule is CC(C)NCc1nc2ccc(Cl)cc2[nH]1.Cl. The molecule has 3 nitrogen and oxygen atoms in total. The van der Waals surface area contributed by atoms with E-state index in [1.54, 1.807) is 0 Å². The van der Waals surface area contributed by atoms with Gasteiger partial charge in [-0.05, 0) is 18.2 Å². The van der Waals surface area contributed by atoms with Crippen molar-refractivity contribution in [2.75, 3.05) is 0 Å². The standard InChI is InChI=1S/C11H14ClN3.ClH/c1-7(2)13-6-11-14-9-4-3-8(12)5-10(9)15-11;/h3-5,7,13H,6H2,1-2H3,(H,14,15);1H. The molecule has 0 saturated carbocycles. The van der Waals surface area contributed by atoms with Gasteiger partial charge in [-0.15, -0.1) is 12.4 Å². The highest BCUT2D eigenvalue weighted by Gasteiger charge is 2.03. The van der Waals surface area contributed by atoms with Crippen molar-refractivity contribution >= 4 is 35.0 Å². The number of aromatic amines is 1. The minimum absolute atomic E-state index is 0. The van der Waals surface area contributed by atoms with Crippen LogP contribution in [0.15, 0.2) is 18.2 Å². The van der Waals surface area contributed by atoms with Crippen molar-refractivity contribution in [1.82, 2.24) is 15.3 Å². The Morgan fingerprint density at radius 3 is 2.88 bits per heavy atom. The van der Waals surface area contributed by atoms with Crippen LogP contribution in [0.2, 0.25) is 5.02 Å². The second-order valence-electron chi connectivity index (χ2n) is 3.88. The quantitative estimate of drug-likeness (QED) is 0.890. The van der Waals surface area contributed by atoms with E-state index >= 15 is 0 Å². The van der Waals surface area contributed by atoms with Gasteiger partial charge in [0.05, 0.1) is 17.6 Å². The van der Waals surface area contributed by atoms with Crippen LogP contribution in [-0.4, -0.2) is 16.0 Å². The lowest BCUT2D eigenvalue weighted by molar-refractivity contribution is 0.576. The molecule has 2 aromatic rings. The van der Waals surface area contributed by atoms with Crippen LogP contribution in [0.25, 0.3) is 11.0 Å². The van der Waals surface area contributed by atoms with E-state index in [1.165, 1.54) is 0 Å². The van der Waals surface area contributed by atoms with Crippen molar-refractivity contribution < 1.29 is 0 Å². The first kappa shape index (κ1) is 13.3. The number of aromatic nitrogens is 2. The van der Waals surface area contributed by atoms with Crippen LogP contribution in [0, 0.1) is 0 Å². The average Bonchev–Trinajstić information content (AvgIpc) is 2.56. The van der Waals surface area contributed by atoms with E-state index in [9.17, 15) is 0 Å². The largest absolute Gasteiger partial charge is 0.341 e. The number of hydrogen-bond acceptors (Lipinski definition) is 2. The van der Waals surface area contributed by atoms with E-state index in [4.69, 9.17) is 11.6 Å². The number of rotatable bonds is 3. The van der Waals surface area contributed by atoms with Gasteiger partial charge in [-0.3, -0.25) is 0 Å². The second-order valence-corrected chi connectivity index (χ2v) is 4.32. The number of fused-ring (bicyclic) bond motifs is 1. The number of H-pyrrole nitrogens is 1. The second kappa shape index (κ2) is 5.53. The van der Waals surface area contributed by atoms with E-state index in [1.807, 2.05) is 18.2 Å². The van der Waals surface area contributed by atoms with Crippen molar-refractivity contribution in [3.8, 4) is 0 Å². The summed E-state index contributed by atoms with van der Waals surface area (Å²) < 4.78 is 0. The lowest BCUT2D eigenvalue weighted by atomic mass is 10.3. The maximum atomic E-state index is 5.89. The van der Waals surface area contributed by atoms with Gasteiger partial charge in [0.1, 0.15) is 5.82 Å². The van der Waals surface area contributed by atoms with Gasteiger partial charge in [0.25, 0.3) is 0 Å². The number of nitrogens with zero attached hydrogens (tertiary/aromatic N) is 1. The zero-order valence-corrected chi connectivity index (χ0v) is 10.8. The lowest BCUT2D eigenvalue weighted by Crippen LogP contribution is -2.22. The summed E-state index contributed by atoms with van der Waals surface area (Å²) in [5.41, 5.74) is 1.95. The molecular weight excluding hydrogens is 245 g/mol. The van der Waals surface area contributed by atoms with Gasteiger partial charge in [0.2, 0.25) is 0 Å². The molecule has 0 spiro atoms. The predicted octanol–water partition coefficient (Wildman–Crippen LogP) is 3.14. The van der Waals surface area contributed by atoms with Crippen LogP contribution in [-0.2, 0) is 6.54 Å². The zero-order valence-electron chi connectivity index (χ0n) is 9.25. The van der Waals surface area contributed by atoms with Crippen molar-refractivity contribution in [2.24, 2.45) is 0 Å². The number of halogens is 2. The Hall–Kier alpha value is -0.770. The molecule has 0 fully saturated rings. The van der Waals surface area contributed by atoms with Crippen LogP contribution in [0.1, 0.15) is 19.7 Å². The Balaban J connectivity index is 0.00000128. The topological polar surface area (TPSA) is 40.7 Å². The maximum absolute atomic E-state index is 5.89. The monoisotopic (exact) mass is 259 g/mol. The van der Waals surface area contributed by atoms with Crippen LogP contribution >= 0.6 is 24.0 Å². The van der Waals surface area contributed by atoms with Gasteiger partial charge in [-0.1, -0.05) is 25.4 Å². The molecule has 0 amide bonds. The Morgan fingerprint density at radius 2 is 2.19 bits per heavy atom. The molecular formula is C11H15Cl2N3. The molecule has 1 aromatic carbocycles. The van der Waals surface area contributed by atoms with E-state index in [0.29, 0.717) is 6.04 Å². The van der Waals surface area contributed by atoms with Crippen LogP contribution in [0.3, 0.4) is 0 Å². The molecule has 88 valence electrons. The number of nitrogens with one attached hydrogen (secondary N) is 2. The molecule has 0 aliphatic rings. The van der Waals surface area contributed by atoms with Gasteiger partial charge in [0, 0.05) is 11.1 Å². The number of imidazole rings is 1. The summed E-state index contributed by atoms with van der Waals surface area (Å²) in [7, 11) is 0. The summed E-state index contributed by atoms with van der Waals surface area (Å²) in [4.78, 5) is 7.68. The first-order valence-corrected chi connectivity index (χ1v) is 5.40. The lowest BCUT2D eigenvalue weighted by Gasteiger charge is -2.04. The third kappa shape index (κ3) is 3.11. The molecule has 2 rings (SSSR count). The van der Waals surface area contributed by atoms with Crippen molar-refractivity contribution in [3.05, 3.63) is 29.0 Å². The third-order valence-electron chi connectivity index (χ3n) is 2.17. The summed E-state index contributed by atoms with van der Waals surface area (Å²) in [5, 5.41) is 4.04. The molecule has 0 aliphatic heterocycles. The van der Waals surface area contributed by atoms with Crippen molar-refractivity contribution in [2.45, 2.75) is 26.4 Å². The fourth-order valence-corrected chi connectivity index (χ4v) is 1.59. The molecule has 0 radical (unpaired) electrons. The summed E-state index contributed by atoms with van der Waals surface area (Å²) in [6.07, 6.45) is 0. The van der Waals surface area contributed by atoms with Crippen LogP contribution in [0.4, 0.5) is 0 Å². The fourth-order valence-electron chi connectivity index (χ4n) is 1.42. The maximum Gasteiger partial charge on any atom is 0.121 e. The molecule has 2 N–H and O–H groups in total. The first-order chi connectivity index (χ1) is 7.15. The third-order valence-corrected chi connectivity index (χ3v) is 2.41. The highest BCUT2D eigenvalue weighted by molar-refractivity contribution is 6.31. The first-order valence-electron chi connectivity index (χ1n) is 5.02. The van der Waals surface area contributed by atoms with Gasteiger partial charge >= 0.3 is 0 Å². The Labute approximate surface area is 106 Å². The summed E-state index contributed by atoms with van der Waals surface area (Å²) in [6, 6.07) is 6.13. The van der Waals surface area contributed by atoms with E-state index in [-0.39, 0.29) is 12.4 Å². The van der Waals surface area contributed by atoms with E-state index in [2.05, 4.69) is 29.1 Å². The Bertz CT molecular complexity index is 465. The van der Waals surface area contributed by atoms with Crippen LogP contribution < -0.4 is 5.32 Å². The molecule has 16 heavy (non-hydrogen) atoms. The molecule has 1 heterocycles. The van der Waals surface area contributed by atoms with Gasteiger partial charge in [-0.25, -0.2) is 4.98 Å². The normalized spacial score (nSPS) is 10.8. The molecule has 1 aromatic heterocycles. The Kier molecular flexibility index (Phi) is 4.59.